The maximum atomic E-state index is 14.2. The first-order chi connectivity index (χ1) is 22.6. The Kier molecular flexibility index (Phi) is 9.43. The summed E-state index contributed by atoms with van der Waals surface area (Å²) in [7, 11) is 2.28. The van der Waals surface area contributed by atoms with Gasteiger partial charge >= 0.3 is 6.03 Å². The van der Waals surface area contributed by atoms with Crippen molar-refractivity contribution in [2.24, 2.45) is 5.92 Å². The summed E-state index contributed by atoms with van der Waals surface area (Å²) in [6.07, 6.45) is 7.12. The normalized spacial score (nSPS) is 26.3. The average molecular weight is 682 g/mol. The minimum absolute atomic E-state index is 0.00344. The van der Waals surface area contributed by atoms with Crippen molar-refractivity contribution in [2.45, 2.75) is 89.0 Å². The van der Waals surface area contributed by atoms with E-state index in [1.54, 1.807) is 11.3 Å². The molecule has 47 heavy (non-hydrogen) atoms. The summed E-state index contributed by atoms with van der Waals surface area (Å²) >= 11 is 8.05. The minimum atomic E-state index is -0.477. The molecule has 5 aliphatic rings. The Bertz CT molecular complexity index is 1460. The predicted octanol–water partition coefficient (Wildman–Crippen LogP) is 4.65. The number of hydrogen-bond donors (Lipinski definition) is 2. The third-order valence-corrected chi connectivity index (χ3v) is 12.8. The number of fused-ring (bicyclic) bond motifs is 3. The standard InChI is InChI=1S/C35H48ClN7O3S/c1-22-13-23(15-30(36)33(22)37)14-24(34(45)42-11-9-40(10-12-42)29-17-27-3-4-28(18-29)39(27)2)16-32(44)41-7-5-26(6-8-41)43-19-25-20-47-21-31(25)38-35(43)46/h13,15,20-21,24,26-29H,3-12,14,16-19,37H2,1-2H3,(H,38,46)/t24-,27?,28?,29?/m0/s1. The molecule has 7 rings (SSSR count). The Balaban J connectivity index is 0.988. The number of aryl methyl sites for hydroxylation is 1. The number of carbonyl (C=O) groups excluding carboxylic acids is 3. The zero-order chi connectivity index (χ0) is 32.8. The summed E-state index contributed by atoms with van der Waals surface area (Å²) in [5, 5.41) is 7.55. The molecule has 4 fully saturated rings. The molecule has 5 aliphatic heterocycles. The van der Waals surface area contributed by atoms with E-state index in [-0.39, 0.29) is 30.3 Å². The number of anilines is 2. The van der Waals surface area contributed by atoms with E-state index in [1.807, 2.05) is 39.1 Å². The van der Waals surface area contributed by atoms with Gasteiger partial charge in [-0.1, -0.05) is 17.7 Å². The fraction of sp³-hybridized carbons (Fsp3) is 0.629. The van der Waals surface area contributed by atoms with Gasteiger partial charge < -0.3 is 30.7 Å². The van der Waals surface area contributed by atoms with Crippen molar-refractivity contribution in [3.8, 4) is 0 Å². The number of hydrogen-bond acceptors (Lipinski definition) is 7. The van der Waals surface area contributed by atoms with Gasteiger partial charge in [0.2, 0.25) is 11.8 Å². The van der Waals surface area contributed by atoms with Crippen LogP contribution < -0.4 is 11.1 Å². The van der Waals surface area contributed by atoms with Crippen molar-refractivity contribution in [3.63, 3.8) is 0 Å². The Morgan fingerprint density at radius 3 is 2.34 bits per heavy atom. The number of likely N-dealkylation sites (tertiary alicyclic amines) is 1. The highest BCUT2D eigenvalue weighted by atomic mass is 35.5. The number of halogens is 1. The van der Waals surface area contributed by atoms with Gasteiger partial charge in [-0.3, -0.25) is 14.5 Å². The van der Waals surface area contributed by atoms with Gasteiger partial charge in [-0.05, 0) is 81.5 Å². The Hall–Kier alpha value is -2.86. The van der Waals surface area contributed by atoms with Gasteiger partial charge in [-0.25, -0.2) is 4.79 Å². The Labute approximate surface area is 287 Å². The van der Waals surface area contributed by atoms with E-state index >= 15 is 0 Å². The number of thiophene rings is 1. The molecule has 254 valence electrons. The van der Waals surface area contributed by atoms with Gasteiger partial charge in [0, 0.05) is 80.8 Å². The first-order valence-corrected chi connectivity index (χ1v) is 18.7. The molecule has 4 amide bonds. The molecule has 0 aliphatic carbocycles. The summed E-state index contributed by atoms with van der Waals surface area (Å²) in [6, 6.07) is 5.85. The molecular formula is C35H48ClN7O3S. The molecule has 1 aromatic carbocycles. The third kappa shape index (κ3) is 6.73. The maximum Gasteiger partial charge on any atom is 0.322 e. The highest BCUT2D eigenvalue weighted by molar-refractivity contribution is 7.08. The van der Waals surface area contributed by atoms with E-state index in [4.69, 9.17) is 17.3 Å². The van der Waals surface area contributed by atoms with Crippen LogP contribution in [0.25, 0.3) is 0 Å². The lowest BCUT2D eigenvalue weighted by atomic mass is 9.91. The molecule has 4 saturated heterocycles. The van der Waals surface area contributed by atoms with Crippen LogP contribution >= 0.6 is 22.9 Å². The number of piperazine rings is 1. The number of urea groups is 1. The predicted molar refractivity (Wildman–Crippen MR) is 187 cm³/mol. The minimum Gasteiger partial charge on any atom is -0.397 e. The molecule has 1 aromatic heterocycles. The second kappa shape index (κ2) is 13.6. The lowest BCUT2D eigenvalue weighted by Gasteiger charge is -2.45. The molecule has 12 heteroatoms. The van der Waals surface area contributed by atoms with Crippen LogP contribution in [-0.4, -0.2) is 113 Å². The monoisotopic (exact) mass is 681 g/mol. The largest absolute Gasteiger partial charge is 0.397 e. The molecule has 3 atom stereocenters. The summed E-state index contributed by atoms with van der Waals surface area (Å²) < 4.78 is 0. The molecule has 3 N–H and O–H groups in total. The van der Waals surface area contributed by atoms with E-state index in [9.17, 15) is 14.4 Å². The zero-order valence-electron chi connectivity index (χ0n) is 27.6. The molecule has 10 nitrogen and oxygen atoms in total. The van der Waals surface area contributed by atoms with Gasteiger partial charge in [0.15, 0.2) is 0 Å². The van der Waals surface area contributed by atoms with Crippen molar-refractivity contribution in [2.75, 3.05) is 57.4 Å². The van der Waals surface area contributed by atoms with Crippen LogP contribution in [0.1, 0.15) is 61.6 Å². The van der Waals surface area contributed by atoms with Gasteiger partial charge in [0.05, 0.1) is 28.9 Å². The van der Waals surface area contributed by atoms with Crippen molar-refractivity contribution >= 4 is 52.2 Å². The van der Waals surface area contributed by atoms with Crippen LogP contribution in [0, 0.1) is 12.8 Å². The molecule has 2 aromatic rings. The summed E-state index contributed by atoms with van der Waals surface area (Å²) in [6.45, 7) is 6.85. The number of carbonyl (C=O) groups is 3. The lowest BCUT2D eigenvalue weighted by molar-refractivity contribution is -0.143. The summed E-state index contributed by atoms with van der Waals surface area (Å²) in [5.74, 6) is -0.419. The third-order valence-electron chi connectivity index (χ3n) is 11.7. The number of nitrogens with zero attached hydrogens (tertiary/aromatic N) is 5. The van der Waals surface area contributed by atoms with Crippen LogP contribution in [0.2, 0.25) is 5.02 Å². The van der Waals surface area contributed by atoms with E-state index in [0.717, 1.165) is 48.3 Å². The molecule has 6 heterocycles. The first kappa shape index (κ1) is 32.7. The summed E-state index contributed by atoms with van der Waals surface area (Å²) in [4.78, 5) is 51.8. The van der Waals surface area contributed by atoms with Crippen LogP contribution in [0.3, 0.4) is 0 Å². The van der Waals surface area contributed by atoms with E-state index < -0.39 is 5.92 Å². The first-order valence-electron chi connectivity index (χ1n) is 17.3. The van der Waals surface area contributed by atoms with E-state index in [0.29, 0.717) is 68.0 Å². The topological polar surface area (TPSA) is 105 Å². The fourth-order valence-corrected chi connectivity index (χ4v) is 9.85. The Morgan fingerprint density at radius 2 is 1.66 bits per heavy atom. The quantitative estimate of drug-likeness (QED) is 0.413. The van der Waals surface area contributed by atoms with Gasteiger partial charge in [-0.15, -0.1) is 11.3 Å². The van der Waals surface area contributed by atoms with Gasteiger partial charge in [0.1, 0.15) is 0 Å². The molecule has 0 radical (unpaired) electrons. The van der Waals surface area contributed by atoms with E-state index in [2.05, 4.69) is 27.5 Å². The van der Waals surface area contributed by atoms with Crippen molar-refractivity contribution < 1.29 is 14.4 Å². The smallest absolute Gasteiger partial charge is 0.322 e. The van der Waals surface area contributed by atoms with Gasteiger partial charge in [0.25, 0.3) is 0 Å². The zero-order valence-corrected chi connectivity index (χ0v) is 29.2. The van der Waals surface area contributed by atoms with Crippen molar-refractivity contribution in [3.05, 3.63) is 44.6 Å². The van der Waals surface area contributed by atoms with Gasteiger partial charge in [-0.2, -0.15) is 0 Å². The van der Waals surface area contributed by atoms with Crippen LogP contribution in [0.15, 0.2) is 22.9 Å². The second-order valence-corrected chi connectivity index (χ2v) is 15.6. The second-order valence-electron chi connectivity index (χ2n) is 14.4. The van der Waals surface area contributed by atoms with Crippen LogP contribution in [0.4, 0.5) is 16.2 Å². The Morgan fingerprint density at radius 1 is 0.957 bits per heavy atom. The van der Waals surface area contributed by atoms with Crippen LogP contribution in [0.5, 0.6) is 0 Å². The molecule has 2 bridgehead atoms. The van der Waals surface area contributed by atoms with E-state index in [1.165, 1.54) is 25.7 Å². The van der Waals surface area contributed by atoms with Crippen molar-refractivity contribution in [1.82, 2.24) is 24.5 Å². The molecule has 0 spiro atoms. The van der Waals surface area contributed by atoms with Crippen LogP contribution in [-0.2, 0) is 22.6 Å². The molecule has 2 unspecified atom stereocenters. The fourth-order valence-electron chi connectivity index (χ4n) is 8.78. The highest BCUT2D eigenvalue weighted by Crippen LogP contribution is 2.37. The SMILES string of the molecule is Cc1cc(C[C@@H](CC(=O)N2CCC(N3Cc4cscc4NC3=O)CC2)C(=O)N2CCN(C3CC4CCC(C3)N4C)CC2)cc(Cl)c1N. The molecule has 0 saturated carbocycles. The maximum absolute atomic E-state index is 14.2. The number of amides is 4. The number of piperidine rings is 2. The summed E-state index contributed by atoms with van der Waals surface area (Å²) in [5.41, 5.74) is 10.5. The average Bonchev–Trinajstić information content (AvgIpc) is 3.59. The number of rotatable bonds is 7. The number of nitrogens with one attached hydrogen (secondary N) is 1. The van der Waals surface area contributed by atoms with Crippen molar-refractivity contribution in [1.29, 1.82) is 0 Å². The number of benzene rings is 1. The highest BCUT2D eigenvalue weighted by Gasteiger charge is 2.42. The lowest BCUT2D eigenvalue weighted by Crippen LogP contribution is -2.56. The number of nitrogen functional groups attached to an aromatic ring is 1. The molecular weight excluding hydrogens is 634 g/mol. The number of nitrogens with two attached hydrogens (primary N) is 1.